The van der Waals surface area contributed by atoms with Gasteiger partial charge in [0.05, 0.1) is 29.8 Å². The highest BCUT2D eigenvalue weighted by Crippen LogP contribution is 2.24. The highest BCUT2D eigenvalue weighted by atomic mass is 16.1. The molecular formula is C22H21N7O. The maximum atomic E-state index is 12.7. The Morgan fingerprint density at radius 1 is 1.03 bits per heavy atom. The van der Waals surface area contributed by atoms with Crippen LogP contribution < -0.4 is 22.3 Å². The van der Waals surface area contributed by atoms with Crippen LogP contribution in [-0.2, 0) is 6.54 Å². The average Bonchev–Trinajstić information content (AvgIpc) is 3.21. The molecule has 0 atom stereocenters. The number of nitrogen functional groups attached to an aromatic ring is 2. The molecule has 1 amide bonds. The van der Waals surface area contributed by atoms with Crippen LogP contribution in [-0.4, -0.2) is 20.7 Å². The Balaban J connectivity index is 1.48. The summed E-state index contributed by atoms with van der Waals surface area (Å²) in [6.07, 6.45) is 3.43. The van der Waals surface area contributed by atoms with Crippen molar-refractivity contribution in [3.05, 3.63) is 90.3 Å². The largest absolute Gasteiger partial charge is 0.382 e. The molecule has 6 N–H and O–H groups in total. The summed E-state index contributed by atoms with van der Waals surface area (Å²) in [7, 11) is 0. The Labute approximate surface area is 173 Å². The molecule has 0 saturated heterocycles. The molecule has 0 aliphatic rings. The van der Waals surface area contributed by atoms with Crippen molar-refractivity contribution in [3.8, 4) is 11.3 Å². The zero-order valence-corrected chi connectivity index (χ0v) is 16.1. The lowest BCUT2D eigenvalue weighted by Crippen LogP contribution is -2.12. The molecule has 0 saturated carbocycles. The van der Waals surface area contributed by atoms with E-state index in [2.05, 4.69) is 20.8 Å². The summed E-state index contributed by atoms with van der Waals surface area (Å²) < 4.78 is 1.78. The topological polar surface area (TPSA) is 124 Å². The number of hydrogen-bond acceptors (Lipinski definition) is 6. The zero-order valence-electron chi connectivity index (χ0n) is 16.1. The first-order valence-electron chi connectivity index (χ1n) is 9.33. The summed E-state index contributed by atoms with van der Waals surface area (Å²) in [5.41, 5.74) is 12.6. The number of anilines is 3. The normalized spacial score (nSPS) is 10.6. The fraction of sp³-hybridized carbons (Fsp3) is 0.0455. The van der Waals surface area contributed by atoms with Crippen molar-refractivity contribution in [1.29, 1.82) is 0 Å². The van der Waals surface area contributed by atoms with E-state index in [4.69, 9.17) is 11.6 Å². The molecule has 0 spiro atoms. The number of carbonyl (C=O) groups excluding carboxylic acids is 1. The lowest BCUT2D eigenvalue weighted by atomic mass is 10.1. The number of pyridine rings is 1. The number of hydrazine groups is 1. The van der Waals surface area contributed by atoms with Gasteiger partial charge in [0.15, 0.2) is 0 Å². The summed E-state index contributed by atoms with van der Waals surface area (Å²) in [6.45, 7) is 0.632. The van der Waals surface area contributed by atoms with Crippen molar-refractivity contribution in [1.82, 2.24) is 14.8 Å². The van der Waals surface area contributed by atoms with E-state index >= 15 is 0 Å². The van der Waals surface area contributed by atoms with Gasteiger partial charge in [0.25, 0.3) is 5.91 Å². The number of nitrogens with zero attached hydrogens (tertiary/aromatic N) is 3. The van der Waals surface area contributed by atoms with Gasteiger partial charge in [0.1, 0.15) is 5.82 Å². The smallest absolute Gasteiger partial charge is 0.255 e. The lowest BCUT2D eigenvalue weighted by Gasteiger charge is -2.08. The van der Waals surface area contributed by atoms with Crippen LogP contribution in [0.2, 0.25) is 0 Å². The molecule has 4 rings (SSSR count). The second-order valence-electron chi connectivity index (χ2n) is 6.72. The standard InChI is InChI=1S/C22H21N7O/c23-21-20(28-24)10-9-19(27-21)16-7-4-8-17(11-16)22(30)26-18-12-25-29(14-18)13-15-5-2-1-3-6-15/h1-12,14,28H,13,24H2,(H2,23,27)(H,26,30). The number of amides is 1. The second-order valence-corrected chi connectivity index (χ2v) is 6.72. The third-order valence-electron chi connectivity index (χ3n) is 4.58. The van der Waals surface area contributed by atoms with E-state index < -0.39 is 0 Å². The SMILES string of the molecule is NNc1ccc(-c2cccc(C(=O)Nc3cnn(Cc4ccccc4)c3)c2)nc1N. The summed E-state index contributed by atoms with van der Waals surface area (Å²) in [4.78, 5) is 17.0. The van der Waals surface area contributed by atoms with E-state index in [9.17, 15) is 4.79 Å². The number of aromatic nitrogens is 3. The first-order chi connectivity index (χ1) is 14.6. The maximum absolute atomic E-state index is 12.7. The van der Waals surface area contributed by atoms with E-state index in [1.54, 1.807) is 47.4 Å². The Hall–Kier alpha value is -4.17. The van der Waals surface area contributed by atoms with Crippen LogP contribution in [0.25, 0.3) is 11.3 Å². The lowest BCUT2D eigenvalue weighted by molar-refractivity contribution is 0.102. The third kappa shape index (κ3) is 4.29. The fourth-order valence-electron chi connectivity index (χ4n) is 3.07. The molecule has 0 fully saturated rings. The fourth-order valence-corrected chi connectivity index (χ4v) is 3.07. The summed E-state index contributed by atoms with van der Waals surface area (Å²) in [5.74, 6) is 5.45. The Morgan fingerprint density at radius 3 is 2.63 bits per heavy atom. The highest BCUT2D eigenvalue weighted by molar-refractivity contribution is 6.04. The molecule has 8 heteroatoms. The molecule has 0 aliphatic heterocycles. The van der Waals surface area contributed by atoms with Gasteiger partial charge in [-0.3, -0.25) is 15.3 Å². The van der Waals surface area contributed by atoms with Gasteiger partial charge in [-0.2, -0.15) is 5.10 Å². The van der Waals surface area contributed by atoms with Crippen LogP contribution in [0, 0.1) is 0 Å². The molecule has 0 radical (unpaired) electrons. The molecule has 150 valence electrons. The predicted octanol–water partition coefficient (Wildman–Crippen LogP) is 3.11. The van der Waals surface area contributed by atoms with Crippen LogP contribution >= 0.6 is 0 Å². The van der Waals surface area contributed by atoms with Gasteiger partial charge in [-0.05, 0) is 29.8 Å². The van der Waals surface area contributed by atoms with Crippen molar-refractivity contribution in [2.45, 2.75) is 6.54 Å². The van der Waals surface area contributed by atoms with Crippen LogP contribution in [0.3, 0.4) is 0 Å². The van der Waals surface area contributed by atoms with Crippen LogP contribution in [0.15, 0.2) is 79.1 Å². The van der Waals surface area contributed by atoms with Crippen molar-refractivity contribution < 1.29 is 4.79 Å². The van der Waals surface area contributed by atoms with Crippen molar-refractivity contribution >= 4 is 23.1 Å². The van der Waals surface area contributed by atoms with Crippen LogP contribution in [0.5, 0.6) is 0 Å². The van der Waals surface area contributed by atoms with Crippen molar-refractivity contribution in [2.75, 3.05) is 16.5 Å². The minimum Gasteiger partial charge on any atom is -0.382 e. The van der Waals surface area contributed by atoms with Gasteiger partial charge in [0, 0.05) is 17.3 Å². The van der Waals surface area contributed by atoms with Gasteiger partial charge < -0.3 is 16.5 Å². The van der Waals surface area contributed by atoms with Crippen LogP contribution in [0.4, 0.5) is 17.2 Å². The van der Waals surface area contributed by atoms with E-state index in [0.29, 0.717) is 29.2 Å². The van der Waals surface area contributed by atoms with Gasteiger partial charge in [-0.25, -0.2) is 4.98 Å². The Bertz CT molecular complexity index is 1170. The van der Waals surface area contributed by atoms with Crippen molar-refractivity contribution in [2.24, 2.45) is 5.84 Å². The van der Waals surface area contributed by atoms with Crippen LogP contribution in [0.1, 0.15) is 15.9 Å². The first kappa shape index (κ1) is 19.2. The van der Waals surface area contributed by atoms with Gasteiger partial charge >= 0.3 is 0 Å². The molecule has 0 aliphatic carbocycles. The maximum Gasteiger partial charge on any atom is 0.255 e. The monoisotopic (exact) mass is 399 g/mol. The summed E-state index contributed by atoms with van der Waals surface area (Å²) in [6, 6.07) is 20.7. The number of nitrogens with one attached hydrogen (secondary N) is 2. The molecule has 2 aromatic carbocycles. The number of benzene rings is 2. The van der Waals surface area contributed by atoms with Gasteiger partial charge in [-0.15, -0.1) is 0 Å². The summed E-state index contributed by atoms with van der Waals surface area (Å²) >= 11 is 0. The molecule has 30 heavy (non-hydrogen) atoms. The van der Waals surface area contributed by atoms with E-state index in [1.165, 1.54) is 0 Å². The number of hydrogen-bond donors (Lipinski definition) is 4. The molecule has 2 heterocycles. The van der Waals surface area contributed by atoms with Crippen molar-refractivity contribution in [3.63, 3.8) is 0 Å². The molecule has 8 nitrogen and oxygen atoms in total. The Kier molecular flexibility index (Phi) is 5.40. The summed E-state index contributed by atoms with van der Waals surface area (Å²) in [5, 5.41) is 7.19. The minimum absolute atomic E-state index is 0.232. The molecule has 4 aromatic rings. The average molecular weight is 399 g/mol. The molecular weight excluding hydrogens is 378 g/mol. The number of nitrogens with two attached hydrogens (primary N) is 2. The van der Waals surface area contributed by atoms with Gasteiger partial charge in [-0.1, -0.05) is 42.5 Å². The zero-order chi connectivity index (χ0) is 20.9. The van der Waals surface area contributed by atoms with E-state index in [0.717, 1.165) is 11.1 Å². The quantitative estimate of drug-likeness (QED) is 0.292. The predicted molar refractivity (Wildman–Crippen MR) is 118 cm³/mol. The first-order valence-corrected chi connectivity index (χ1v) is 9.33. The Morgan fingerprint density at radius 2 is 1.87 bits per heavy atom. The third-order valence-corrected chi connectivity index (χ3v) is 4.58. The number of carbonyl (C=O) groups is 1. The number of rotatable bonds is 6. The highest BCUT2D eigenvalue weighted by Gasteiger charge is 2.11. The van der Waals surface area contributed by atoms with E-state index in [1.807, 2.05) is 36.4 Å². The minimum atomic E-state index is -0.232. The molecule has 0 bridgehead atoms. The van der Waals surface area contributed by atoms with E-state index in [-0.39, 0.29) is 11.7 Å². The van der Waals surface area contributed by atoms with Gasteiger partial charge in [0.2, 0.25) is 0 Å². The second kappa shape index (κ2) is 8.46. The molecule has 0 unspecified atom stereocenters. The molecule has 2 aromatic heterocycles.